The third kappa shape index (κ3) is 6.66. The van der Waals surface area contributed by atoms with Crippen LogP contribution in [0.1, 0.15) is 24.8 Å². The maximum atomic E-state index is 13.5. The summed E-state index contributed by atoms with van der Waals surface area (Å²) in [7, 11) is 0. The van der Waals surface area contributed by atoms with E-state index in [1.165, 1.54) is 0 Å². The lowest BCUT2D eigenvalue weighted by molar-refractivity contribution is -0.139. The van der Waals surface area contributed by atoms with Crippen LogP contribution in [0.2, 0.25) is 0 Å². The van der Waals surface area contributed by atoms with Crippen LogP contribution < -0.4 is 19.5 Å². The molecule has 0 bridgehead atoms. The molecule has 3 atom stereocenters. The van der Waals surface area contributed by atoms with Crippen LogP contribution in [0, 0.1) is 3.57 Å². The average Bonchev–Trinajstić information content (AvgIpc) is 3.39. The van der Waals surface area contributed by atoms with E-state index in [1.54, 1.807) is 29.2 Å². The number of hydrogen-bond acceptors (Lipinski definition) is 7. The van der Waals surface area contributed by atoms with Crippen molar-refractivity contribution in [3.63, 3.8) is 0 Å². The van der Waals surface area contributed by atoms with Crippen molar-refractivity contribution in [2.75, 3.05) is 19.9 Å². The molecule has 0 saturated heterocycles. The predicted octanol–water partition coefficient (Wildman–Crippen LogP) is 2.93. The Morgan fingerprint density at radius 1 is 1.21 bits per heavy atom. The summed E-state index contributed by atoms with van der Waals surface area (Å²) >= 11 is 2.14. The number of carbonyl (C=O) groups excluding carboxylic acids is 2. The van der Waals surface area contributed by atoms with Crippen molar-refractivity contribution in [1.82, 2.24) is 10.2 Å². The normalized spacial score (nSPS) is 19.9. The van der Waals surface area contributed by atoms with E-state index < -0.39 is 18.2 Å². The first-order valence-electron chi connectivity index (χ1n) is 12.4. The van der Waals surface area contributed by atoms with Gasteiger partial charge in [-0.15, -0.1) is 6.58 Å². The van der Waals surface area contributed by atoms with Crippen LogP contribution in [0.15, 0.2) is 66.8 Å². The van der Waals surface area contributed by atoms with E-state index in [2.05, 4.69) is 34.5 Å². The van der Waals surface area contributed by atoms with Crippen LogP contribution in [0.3, 0.4) is 0 Å². The van der Waals surface area contributed by atoms with Crippen molar-refractivity contribution < 1.29 is 34.0 Å². The van der Waals surface area contributed by atoms with Gasteiger partial charge in [0.05, 0.1) is 16.2 Å². The molecule has 0 fully saturated rings. The van der Waals surface area contributed by atoms with Crippen LogP contribution in [0.25, 0.3) is 0 Å². The molecule has 3 N–H and O–H groups in total. The number of fused-ring (bicyclic) bond motifs is 1. The van der Waals surface area contributed by atoms with Gasteiger partial charge in [-0.2, -0.15) is 0 Å². The second-order valence-corrected chi connectivity index (χ2v) is 10.1. The third-order valence-electron chi connectivity index (χ3n) is 6.39. The predicted molar refractivity (Wildman–Crippen MR) is 149 cm³/mol. The first-order chi connectivity index (χ1) is 18.4. The minimum atomic E-state index is -1.11. The summed E-state index contributed by atoms with van der Waals surface area (Å²) in [6.45, 7) is 3.93. The van der Waals surface area contributed by atoms with Crippen LogP contribution >= 0.6 is 22.6 Å². The zero-order chi connectivity index (χ0) is 27.1. The fraction of sp³-hybridized carbons (Fsp3) is 0.357. The SMILES string of the molecule is C=CCCC(=O)N(Cc1ccc2c(c1)OCO2)C1CC(C(=O)NCCO)=CC(Oc2ccccc2I)C1O. The lowest BCUT2D eigenvalue weighted by Gasteiger charge is -2.40. The van der Waals surface area contributed by atoms with Gasteiger partial charge in [-0.1, -0.05) is 24.3 Å². The monoisotopic (exact) mass is 634 g/mol. The zero-order valence-corrected chi connectivity index (χ0v) is 23.0. The summed E-state index contributed by atoms with van der Waals surface area (Å²) < 4.78 is 17.9. The highest BCUT2D eigenvalue weighted by atomic mass is 127. The van der Waals surface area contributed by atoms with Gasteiger partial charge in [-0.25, -0.2) is 0 Å². The molecule has 2 aromatic rings. The summed E-state index contributed by atoms with van der Waals surface area (Å²) in [6.07, 6.45) is 2.08. The van der Waals surface area contributed by atoms with E-state index >= 15 is 0 Å². The molecule has 3 unspecified atom stereocenters. The Labute approximate surface area is 235 Å². The van der Waals surface area contributed by atoms with E-state index in [9.17, 15) is 19.8 Å². The number of halogens is 1. The van der Waals surface area contributed by atoms with Crippen LogP contribution in [0.4, 0.5) is 0 Å². The number of allylic oxidation sites excluding steroid dienone is 1. The van der Waals surface area contributed by atoms with Gasteiger partial charge in [-0.05, 0) is 64.9 Å². The van der Waals surface area contributed by atoms with Crippen molar-refractivity contribution in [2.45, 2.75) is 44.1 Å². The summed E-state index contributed by atoms with van der Waals surface area (Å²) in [5, 5.41) is 23.4. The number of carbonyl (C=O) groups is 2. The van der Waals surface area contributed by atoms with E-state index in [0.717, 1.165) is 9.13 Å². The molecule has 202 valence electrons. The van der Waals surface area contributed by atoms with E-state index in [-0.39, 0.29) is 51.1 Å². The Hall–Kier alpha value is -3.09. The fourth-order valence-electron chi connectivity index (χ4n) is 4.46. The molecule has 0 spiro atoms. The van der Waals surface area contributed by atoms with Crippen LogP contribution in [-0.4, -0.2) is 65.1 Å². The molecule has 9 nitrogen and oxygen atoms in total. The van der Waals surface area contributed by atoms with Crippen molar-refractivity contribution >= 4 is 34.4 Å². The molecule has 1 heterocycles. The Morgan fingerprint density at radius 2 is 2.00 bits per heavy atom. The molecule has 2 aliphatic rings. The summed E-state index contributed by atoms with van der Waals surface area (Å²) in [5.74, 6) is 1.22. The molecule has 4 rings (SSSR count). The number of benzene rings is 2. The third-order valence-corrected chi connectivity index (χ3v) is 7.28. The number of nitrogens with one attached hydrogen (secondary N) is 1. The lowest BCUT2D eigenvalue weighted by Crippen LogP contribution is -2.54. The summed E-state index contributed by atoms with van der Waals surface area (Å²) in [6, 6.07) is 12.1. The van der Waals surface area contributed by atoms with Gasteiger partial charge in [0.2, 0.25) is 18.6 Å². The second kappa shape index (κ2) is 13.1. The maximum Gasteiger partial charge on any atom is 0.247 e. The standard InChI is InChI=1S/C28H31IN2O7/c1-2-3-8-26(33)31(16-18-9-10-23-24(13-18)37-17-36-23)21-14-19(28(35)30-11-12-32)15-25(27(21)34)38-22-7-5-4-6-20(22)29/h2,4-7,9-10,13,15,21,25,27,32,34H,1,3,8,11-12,14,16-17H2,(H,30,35). The van der Waals surface area contributed by atoms with Gasteiger partial charge in [0, 0.05) is 31.5 Å². The quantitative estimate of drug-likeness (QED) is 0.257. The van der Waals surface area contributed by atoms with Crippen molar-refractivity contribution in [2.24, 2.45) is 0 Å². The number of aliphatic hydroxyl groups excluding tert-OH is 2. The molecule has 38 heavy (non-hydrogen) atoms. The molecule has 0 radical (unpaired) electrons. The Kier molecular flexibility index (Phi) is 9.64. The van der Waals surface area contributed by atoms with E-state index in [1.807, 2.05) is 30.3 Å². The number of nitrogens with zero attached hydrogens (tertiary/aromatic N) is 1. The number of hydrogen-bond donors (Lipinski definition) is 3. The van der Waals surface area contributed by atoms with Gasteiger partial charge in [0.25, 0.3) is 0 Å². The largest absolute Gasteiger partial charge is 0.482 e. The molecule has 2 amide bonds. The number of amides is 2. The minimum absolute atomic E-state index is 0.0880. The first-order valence-corrected chi connectivity index (χ1v) is 13.5. The van der Waals surface area contributed by atoms with Crippen molar-refractivity contribution in [3.05, 3.63) is 75.9 Å². The van der Waals surface area contributed by atoms with Gasteiger partial charge in [0.15, 0.2) is 11.5 Å². The molecular weight excluding hydrogens is 603 g/mol. The minimum Gasteiger partial charge on any atom is -0.482 e. The van der Waals surface area contributed by atoms with E-state index in [4.69, 9.17) is 14.2 Å². The molecule has 0 aromatic heterocycles. The zero-order valence-electron chi connectivity index (χ0n) is 20.8. The number of aliphatic hydroxyl groups is 2. The molecule has 2 aromatic carbocycles. The highest BCUT2D eigenvalue weighted by Crippen LogP contribution is 2.35. The van der Waals surface area contributed by atoms with Crippen molar-refractivity contribution in [1.29, 1.82) is 0 Å². The topological polar surface area (TPSA) is 118 Å². The Balaban J connectivity index is 1.67. The van der Waals surface area contributed by atoms with Gasteiger partial charge in [0.1, 0.15) is 18.0 Å². The van der Waals surface area contributed by atoms with Gasteiger partial charge in [-0.3, -0.25) is 9.59 Å². The highest BCUT2D eigenvalue weighted by molar-refractivity contribution is 14.1. The Bertz CT molecular complexity index is 1200. The highest BCUT2D eigenvalue weighted by Gasteiger charge is 2.40. The lowest BCUT2D eigenvalue weighted by atomic mass is 9.87. The van der Waals surface area contributed by atoms with Crippen LogP contribution in [0.5, 0.6) is 17.2 Å². The summed E-state index contributed by atoms with van der Waals surface area (Å²) in [4.78, 5) is 28.0. The van der Waals surface area contributed by atoms with Crippen LogP contribution in [-0.2, 0) is 16.1 Å². The Morgan fingerprint density at radius 3 is 2.76 bits per heavy atom. The summed E-state index contributed by atoms with van der Waals surface area (Å²) in [5.41, 5.74) is 1.17. The van der Waals surface area contributed by atoms with Gasteiger partial charge < -0.3 is 34.6 Å². The number of ether oxygens (including phenoxy) is 3. The molecule has 1 aliphatic heterocycles. The second-order valence-electron chi connectivity index (χ2n) is 8.98. The fourth-order valence-corrected chi connectivity index (χ4v) is 4.98. The van der Waals surface area contributed by atoms with Gasteiger partial charge >= 0.3 is 0 Å². The number of para-hydroxylation sites is 1. The molecular formula is C28H31IN2O7. The molecule has 0 saturated carbocycles. The maximum absolute atomic E-state index is 13.5. The van der Waals surface area contributed by atoms with E-state index in [0.29, 0.717) is 29.2 Å². The van der Waals surface area contributed by atoms with Crippen molar-refractivity contribution in [3.8, 4) is 17.2 Å². The average molecular weight is 634 g/mol. The first kappa shape index (κ1) is 27.9. The smallest absolute Gasteiger partial charge is 0.247 e. The molecule has 1 aliphatic carbocycles. The molecule has 10 heteroatoms. The number of rotatable bonds is 11.